The number of halogens is 1. The summed E-state index contributed by atoms with van der Waals surface area (Å²) in [5.74, 6) is 0. The van der Waals surface area contributed by atoms with Crippen LogP contribution in [-0.2, 0) is 22.8 Å². The van der Waals surface area contributed by atoms with E-state index in [1.54, 1.807) is 5.56 Å². The molecule has 9 rings (SSSR count). The third-order valence-corrected chi connectivity index (χ3v) is 13.7. The standard InChI is InChI=1S/C48H52BClN2/c1-30-23-41-43-42(24-30)52-44-37(47(8)21-13-14-22-48(47,52)9)26-34(46(5,6)7)27-39(44)49(43)38-20-19-35(50)28-40(38)51(41)29-32-17-18-33(45(2,3)4)25-36(32)31-15-11-10-12-16-31/h10-12,15-20,23-28H,13-14,21-22,29H2,1-9H3. The van der Waals surface area contributed by atoms with E-state index in [0.717, 1.165) is 11.6 Å². The Morgan fingerprint density at radius 2 is 1.42 bits per heavy atom. The molecular formula is C48H52BClN2. The SMILES string of the molecule is Cc1cc2c3c(c1)N1c4c(cc(C(C)(C)C)cc4C4(C)CCCCC14C)B3c1ccc(Cl)cc1N2Cc1ccc(C(C)(C)C)cc1-c1ccccc1. The lowest BCUT2D eigenvalue weighted by Gasteiger charge is -2.53. The molecule has 52 heavy (non-hydrogen) atoms. The van der Waals surface area contributed by atoms with Crippen LogP contribution in [-0.4, -0.2) is 12.3 Å². The largest absolute Gasteiger partial charge is 0.338 e. The fourth-order valence-electron chi connectivity index (χ4n) is 10.4. The smallest absolute Gasteiger partial charge is 0.252 e. The lowest BCUT2D eigenvalue weighted by molar-refractivity contribution is 0.195. The van der Waals surface area contributed by atoms with Gasteiger partial charge in [-0.2, -0.15) is 0 Å². The van der Waals surface area contributed by atoms with Crippen LogP contribution in [0.25, 0.3) is 11.1 Å². The van der Waals surface area contributed by atoms with E-state index >= 15 is 0 Å². The fourth-order valence-corrected chi connectivity index (χ4v) is 10.5. The van der Waals surface area contributed by atoms with Gasteiger partial charge in [0.05, 0.1) is 5.54 Å². The van der Waals surface area contributed by atoms with Crippen molar-refractivity contribution in [1.29, 1.82) is 0 Å². The molecule has 0 radical (unpaired) electrons. The molecule has 2 nitrogen and oxygen atoms in total. The number of rotatable bonds is 3. The van der Waals surface area contributed by atoms with Crippen molar-refractivity contribution in [2.24, 2.45) is 0 Å². The van der Waals surface area contributed by atoms with Crippen LogP contribution in [0.3, 0.4) is 0 Å². The van der Waals surface area contributed by atoms with Gasteiger partial charge in [0.25, 0.3) is 6.71 Å². The van der Waals surface area contributed by atoms with Crippen molar-refractivity contribution in [3.8, 4) is 11.1 Å². The summed E-state index contributed by atoms with van der Waals surface area (Å²) in [4.78, 5) is 5.44. The highest BCUT2D eigenvalue weighted by molar-refractivity contribution is 7.00. The molecule has 0 spiro atoms. The summed E-state index contributed by atoms with van der Waals surface area (Å²) in [6.07, 6.45) is 4.99. The Labute approximate surface area is 317 Å². The van der Waals surface area contributed by atoms with Crippen LogP contribution in [0, 0.1) is 6.92 Å². The highest BCUT2D eigenvalue weighted by Gasteiger charge is 2.61. The summed E-state index contributed by atoms with van der Waals surface area (Å²) < 4.78 is 0. The monoisotopic (exact) mass is 702 g/mol. The van der Waals surface area contributed by atoms with E-state index < -0.39 is 0 Å². The summed E-state index contributed by atoms with van der Waals surface area (Å²) in [6.45, 7) is 22.4. The predicted molar refractivity (Wildman–Crippen MR) is 225 cm³/mol. The van der Waals surface area contributed by atoms with Crippen LogP contribution in [0.2, 0.25) is 5.02 Å². The molecular weight excluding hydrogens is 651 g/mol. The molecule has 5 aromatic rings. The highest BCUT2D eigenvalue weighted by atomic mass is 35.5. The third-order valence-electron chi connectivity index (χ3n) is 13.5. The molecule has 1 aliphatic carbocycles. The van der Waals surface area contributed by atoms with Crippen molar-refractivity contribution >= 4 is 57.5 Å². The number of anilines is 4. The Morgan fingerprint density at radius 1 is 0.712 bits per heavy atom. The molecule has 1 saturated carbocycles. The van der Waals surface area contributed by atoms with Crippen LogP contribution in [0.5, 0.6) is 0 Å². The van der Waals surface area contributed by atoms with Crippen molar-refractivity contribution < 1.29 is 0 Å². The van der Waals surface area contributed by atoms with E-state index in [1.165, 1.54) is 98.2 Å². The zero-order chi connectivity index (χ0) is 36.5. The summed E-state index contributed by atoms with van der Waals surface area (Å²) >= 11 is 6.97. The quantitative estimate of drug-likeness (QED) is 0.173. The van der Waals surface area contributed by atoms with Gasteiger partial charge >= 0.3 is 0 Å². The molecule has 5 aromatic carbocycles. The highest BCUT2D eigenvalue weighted by Crippen LogP contribution is 2.62. The van der Waals surface area contributed by atoms with E-state index in [0.29, 0.717) is 0 Å². The van der Waals surface area contributed by atoms with Gasteiger partial charge in [0, 0.05) is 39.7 Å². The summed E-state index contributed by atoms with van der Waals surface area (Å²) in [5.41, 5.74) is 19.4. The van der Waals surface area contributed by atoms with Crippen molar-refractivity contribution in [3.63, 3.8) is 0 Å². The molecule has 0 N–H and O–H groups in total. The van der Waals surface area contributed by atoms with Gasteiger partial charge in [0.15, 0.2) is 0 Å². The van der Waals surface area contributed by atoms with Crippen LogP contribution < -0.4 is 26.2 Å². The van der Waals surface area contributed by atoms with Gasteiger partial charge in [-0.05, 0) is 117 Å². The minimum Gasteiger partial charge on any atom is -0.338 e. The van der Waals surface area contributed by atoms with Crippen molar-refractivity contribution in [2.45, 2.75) is 116 Å². The Kier molecular flexibility index (Phi) is 7.35. The number of fused-ring (bicyclic) bond motifs is 7. The topological polar surface area (TPSA) is 6.48 Å². The molecule has 4 heteroatoms. The first-order valence-electron chi connectivity index (χ1n) is 19.5. The van der Waals surface area contributed by atoms with Gasteiger partial charge in [-0.25, -0.2) is 0 Å². The molecule has 264 valence electrons. The van der Waals surface area contributed by atoms with Gasteiger partial charge in [-0.15, -0.1) is 0 Å². The molecule has 1 fully saturated rings. The van der Waals surface area contributed by atoms with Crippen molar-refractivity contribution in [2.75, 3.05) is 9.80 Å². The van der Waals surface area contributed by atoms with Gasteiger partial charge in [0.1, 0.15) is 0 Å². The number of aryl methyl sites for hydroxylation is 1. The van der Waals surface area contributed by atoms with Gasteiger partial charge in [0.2, 0.25) is 0 Å². The number of benzene rings is 5. The predicted octanol–water partition coefficient (Wildman–Crippen LogP) is 11.1. The lowest BCUT2D eigenvalue weighted by atomic mass is 9.33. The molecule has 4 aliphatic rings. The molecule has 2 unspecified atom stereocenters. The fraction of sp³-hybridized carbons (Fsp3) is 0.375. The molecule has 0 bridgehead atoms. The van der Waals surface area contributed by atoms with Crippen molar-refractivity contribution in [3.05, 3.63) is 124 Å². The Balaban J connectivity index is 1.32. The average Bonchev–Trinajstić information content (AvgIpc) is 3.31. The molecule has 0 aromatic heterocycles. The molecule has 0 amide bonds. The second kappa shape index (κ2) is 11.3. The summed E-state index contributed by atoms with van der Waals surface area (Å²) in [7, 11) is 0. The minimum absolute atomic E-state index is 0.000255. The summed E-state index contributed by atoms with van der Waals surface area (Å²) in [6, 6.07) is 35.0. The van der Waals surface area contributed by atoms with Gasteiger partial charge < -0.3 is 9.80 Å². The molecule has 3 aliphatic heterocycles. The number of hydrogen-bond acceptors (Lipinski definition) is 2. The zero-order valence-corrected chi connectivity index (χ0v) is 33.3. The minimum atomic E-state index is -0.000255. The second-order valence-electron chi connectivity index (χ2n) is 18.8. The second-order valence-corrected chi connectivity index (χ2v) is 19.2. The van der Waals surface area contributed by atoms with E-state index in [-0.39, 0.29) is 28.5 Å². The van der Waals surface area contributed by atoms with Crippen LogP contribution in [0.15, 0.2) is 91.0 Å². The maximum Gasteiger partial charge on any atom is 0.252 e. The first kappa shape index (κ1) is 33.9. The molecule has 3 heterocycles. The summed E-state index contributed by atoms with van der Waals surface area (Å²) in [5, 5.41) is 0.781. The van der Waals surface area contributed by atoms with E-state index in [2.05, 4.69) is 163 Å². The molecule has 2 atom stereocenters. The first-order valence-corrected chi connectivity index (χ1v) is 19.9. The van der Waals surface area contributed by atoms with E-state index in [1.807, 2.05) is 0 Å². The Morgan fingerprint density at radius 3 is 2.15 bits per heavy atom. The van der Waals surface area contributed by atoms with Crippen LogP contribution in [0.4, 0.5) is 22.7 Å². The van der Waals surface area contributed by atoms with Crippen LogP contribution in [0.1, 0.15) is 109 Å². The number of hydrogen-bond donors (Lipinski definition) is 0. The normalized spacial score (nSPS) is 21.5. The Bertz CT molecular complexity index is 2280. The van der Waals surface area contributed by atoms with E-state index in [9.17, 15) is 0 Å². The third kappa shape index (κ3) is 4.77. The molecule has 0 saturated heterocycles. The number of nitrogens with zero attached hydrogens (tertiary/aromatic N) is 2. The van der Waals surface area contributed by atoms with Crippen LogP contribution >= 0.6 is 11.6 Å². The zero-order valence-electron chi connectivity index (χ0n) is 32.5. The van der Waals surface area contributed by atoms with E-state index in [4.69, 9.17) is 11.6 Å². The maximum atomic E-state index is 6.97. The lowest BCUT2D eigenvalue weighted by Crippen LogP contribution is -2.64. The Hall–Kier alpha value is -3.95. The van der Waals surface area contributed by atoms with Gasteiger partial charge in [-0.3, -0.25) is 0 Å². The van der Waals surface area contributed by atoms with Gasteiger partial charge in [-0.1, -0.05) is 140 Å². The van der Waals surface area contributed by atoms with Crippen molar-refractivity contribution in [1.82, 2.24) is 0 Å². The maximum absolute atomic E-state index is 6.97. The first-order chi connectivity index (χ1) is 24.6. The average molecular weight is 703 g/mol.